The SMILES string of the molecule is CCCBr.CCC[n+]1ccccc1.CCN(CC)CCN.CCN(CC)CCNCC(O)COC(=O)C(C)(CC)CC(C)(C)C(=O)OCC(O)CNCC[n+]1ccccc1.NCC[n+]1ccccc1.[Br-].[Br-].[Br-].c1ccncc1. The Labute approximate surface area is 512 Å². The van der Waals surface area contributed by atoms with E-state index in [1.807, 2.05) is 96.9 Å². The molecule has 78 heavy (non-hydrogen) atoms. The van der Waals surface area contributed by atoms with E-state index in [4.69, 9.17) is 20.9 Å². The van der Waals surface area contributed by atoms with Crippen LogP contribution in [0.15, 0.2) is 122 Å². The van der Waals surface area contributed by atoms with Gasteiger partial charge in [0, 0.05) is 99.8 Å². The number of aromatic nitrogens is 4. The van der Waals surface area contributed by atoms with E-state index in [-0.39, 0.29) is 70.6 Å². The van der Waals surface area contributed by atoms with Crippen LogP contribution in [0.3, 0.4) is 0 Å². The summed E-state index contributed by atoms with van der Waals surface area (Å²) in [6.07, 6.45) is 17.1. The molecule has 0 bridgehead atoms. The topological polar surface area (TPSA) is 200 Å². The van der Waals surface area contributed by atoms with Gasteiger partial charge in [-0.2, -0.15) is 0 Å². The number of alkyl halides is 1. The molecule has 4 aromatic rings. The third kappa shape index (κ3) is 46.8. The molecule has 0 radical (unpaired) electrons. The molecule has 0 saturated carbocycles. The van der Waals surface area contributed by atoms with Gasteiger partial charge in [-0.3, -0.25) is 14.6 Å². The monoisotopic (exact) mass is 1350 g/mol. The molecule has 0 aliphatic heterocycles. The molecule has 3 unspecified atom stereocenters. The zero-order valence-electron chi connectivity index (χ0n) is 49.1. The maximum absolute atomic E-state index is 13.0. The first-order chi connectivity index (χ1) is 36.1. The van der Waals surface area contributed by atoms with Crippen molar-refractivity contribution in [3.8, 4) is 0 Å². The zero-order valence-corrected chi connectivity index (χ0v) is 55.5. The van der Waals surface area contributed by atoms with Gasteiger partial charge in [0.2, 0.25) is 0 Å². The Bertz CT molecular complexity index is 1780. The second kappa shape index (κ2) is 57.4. The molecule has 0 saturated heterocycles. The number of hydrogen-bond donors (Lipinski definition) is 6. The summed E-state index contributed by atoms with van der Waals surface area (Å²) in [5, 5.41) is 27.9. The molecule has 450 valence electrons. The number of nitrogens with zero attached hydrogens (tertiary/aromatic N) is 6. The first-order valence-corrected chi connectivity index (χ1v) is 28.4. The molecule has 0 aliphatic rings. The fraction of sp³-hybridized carbons (Fsp3) is 0.621. The fourth-order valence-electron chi connectivity index (χ4n) is 6.94. The third-order valence-corrected chi connectivity index (χ3v) is 12.4. The second-order valence-electron chi connectivity index (χ2n) is 18.6. The molecule has 0 amide bonds. The van der Waals surface area contributed by atoms with Crippen LogP contribution in [0.2, 0.25) is 0 Å². The van der Waals surface area contributed by atoms with Gasteiger partial charge in [-0.05, 0) is 78.3 Å². The highest BCUT2D eigenvalue weighted by Crippen LogP contribution is 2.38. The van der Waals surface area contributed by atoms with E-state index in [9.17, 15) is 19.8 Å². The number of ether oxygens (including phenoxy) is 2. The van der Waals surface area contributed by atoms with Gasteiger partial charge in [0.05, 0.1) is 23.9 Å². The molecule has 4 rings (SSSR count). The maximum Gasteiger partial charge on any atom is 0.311 e. The van der Waals surface area contributed by atoms with E-state index >= 15 is 0 Å². The lowest BCUT2D eigenvalue weighted by Gasteiger charge is -2.34. The van der Waals surface area contributed by atoms with Crippen molar-refractivity contribution >= 4 is 27.9 Å². The fourth-order valence-corrected chi connectivity index (χ4v) is 6.94. The van der Waals surface area contributed by atoms with Crippen molar-refractivity contribution in [2.45, 2.75) is 127 Å². The summed E-state index contributed by atoms with van der Waals surface area (Å²) in [7, 11) is 0. The summed E-state index contributed by atoms with van der Waals surface area (Å²) >= 11 is 3.25. The van der Waals surface area contributed by atoms with Crippen molar-refractivity contribution < 1.29 is 93.9 Å². The van der Waals surface area contributed by atoms with E-state index in [0.717, 1.165) is 77.3 Å². The molecular weight excluding hydrogens is 1250 g/mol. The molecule has 4 aromatic heterocycles. The van der Waals surface area contributed by atoms with Gasteiger partial charge < -0.3 is 103 Å². The quantitative estimate of drug-likeness (QED) is 0.0131. The highest BCUT2D eigenvalue weighted by Gasteiger charge is 2.43. The second-order valence-corrected chi connectivity index (χ2v) is 19.4. The number of nitrogens with one attached hydrogen (secondary N) is 2. The van der Waals surface area contributed by atoms with Crippen LogP contribution < -0.4 is 86.7 Å². The summed E-state index contributed by atoms with van der Waals surface area (Å²) in [5.41, 5.74) is 8.79. The minimum atomic E-state index is -0.967. The van der Waals surface area contributed by atoms with Gasteiger partial charge in [-0.1, -0.05) is 88.7 Å². The Morgan fingerprint density at radius 3 is 1.32 bits per heavy atom. The number of aryl methyl sites for hydroxylation is 1. The Balaban J connectivity index is -0.000000361. The van der Waals surface area contributed by atoms with Crippen molar-refractivity contribution in [2.75, 3.05) is 97.1 Å². The maximum atomic E-state index is 13.0. The summed E-state index contributed by atoms with van der Waals surface area (Å²) in [4.78, 5) is 34.2. The molecule has 0 aromatic carbocycles. The van der Waals surface area contributed by atoms with Gasteiger partial charge >= 0.3 is 11.9 Å². The minimum absolute atomic E-state index is 0. The van der Waals surface area contributed by atoms with E-state index in [1.165, 1.54) is 12.8 Å². The van der Waals surface area contributed by atoms with Crippen molar-refractivity contribution in [1.29, 1.82) is 0 Å². The number of carbonyl (C=O) groups is 2. The molecule has 8 N–H and O–H groups in total. The van der Waals surface area contributed by atoms with Crippen LogP contribution in [0.4, 0.5) is 0 Å². The van der Waals surface area contributed by atoms with Crippen LogP contribution in [0.1, 0.15) is 94.9 Å². The molecule has 0 aliphatic carbocycles. The number of hydrogen-bond acceptors (Lipinski definition) is 13. The Morgan fingerprint density at radius 2 is 0.974 bits per heavy atom. The summed E-state index contributed by atoms with van der Waals surface area (Å²) < 4.78 is 17.1. The van der Waals surface area contributed by atoms with E-state index in [1.54, 1.807) is 33.2 Å². The first-order valence-electron chi connectivity index (χ1n) is 27.3. The zero-order chi connectivity index (χ0) is 56.4. The van der Waals surface area contributed by atoms with Crippen LogP contribution in [-0.4, -0.2) is 146 Å². The van der Waals surface area contributed by atoms with Gasteiger partial charge in [0.15, 0.2) is 50.3 Å². The van der Waals surface area contributed by atoms with Crippen molar-refractivity contribution in [1.82, 2.24) is 25.4 Å². The summed E-state index contributed by atoms with van der Waals surface area (Å²) in [5.74, 6) is -0.931. The molecule has 3 atom stereocenters. The van der Waals surface area contributed by atoms with Crippen LogP contribution in [0.5, 0.6) is 0 Å². The number of likely N-dealkylation sites (N-methyl/N-ethyl adjacent to an activating group) is 2. The molecule has 0 fully saturated rings. The predicted molar refractivity (Wildman–Crippen MR) is 309 cm³/mol. The lowest BCUT2D eigenvalue weighted by atomic mass is 9.72. The normalized spacial score (nSPS) is 11.8. The molecule has 0 spiro atoms. The molecule has 16 nitrogen and oxygen atoms in total. The van der Waals surface area contributed by atoms with Gasteiger partial charge in [0.25, 0.3) is 0 Å². The Hall–Kier alpha value is -2.86. The van der Waals surface area contributed by atoms with Crippen molar-refractivity contribution in [3.63, 3.8) is 0 Å². The predicted octanol–water partition coefficient (Wildman–Crippen LogP) is -3.38. The average Bonchev–Trinajstić information content (AvgIpc) is 3.44. The van der Waals surface area contributed by atoms with Crippen LogP contribution in [-0.2, 0) is 38.7 Å². The first kappa shape index (κ1) is 84.0. The Morgan fingerprint density at radius 1 is 0.577 bits per heavy atom. The largest absolute Gasteiger partial charge is 1.00 e. The molecule has 4 heterocycles. The number of nitrogens with two attached hydrogens (primary N) is 2. The van der Waals surface area contributed by atoms with Gasteiger partial charge in [-0.25, -0.2) is 13.7 Å². The Kier molecular flexibility index (Phi) is 61.8. The van der Waals surface area contributed by atoms with E-state index < -0.39 is 35.0 Å². The third-order valence-electron chi connectivity index (χ3n) is 11.6. The smallest absolute Gasteiger partial charge is 0.311 e. The van der Waals surface area contributed by atoms with Crippen LogP contribution >= 0.6 is 15.9 Å². The minimum Gasteiger partial charge on any atom is -1.00 e. The van der Waals surface area contributed by atoms with Crippen LogP contribution in [0.25, 0.3) is 0 Å². The summed E-state index contributed by atoms with van der Waals surface area (Å²) in [6, 6.07) is 23.7. The number of pyridine rings is 4. The number of halogens is 4. The highest BCUT2D eigenvalue weighted by molar-refractivity contribution is 9.09. The van der Waals surface area contributed by atoms with E-state index in [0.29, 0.717) is 32.6 Å². The van der Waals surface area contributed by atoms with E-state index in [2.05, 4.69) is 117 Å². The lowest BCUT2D eigenvalue weighted by molar-refractivity contribution is -0.697. The summed E-state index contributed by atoms with van der Waals surface area (Å²) in [6.45, 7) is 32.1. The standard InChI is InChI=1S/C29H53N4O6.C8H12N.C7H11N2.C6H16N2.C5H5N.C3H7Br.3BrH/c1-7-29(6,27(37)39-22-25(35)20-30-13-17-32(8-2)9-3)23-28(4,5)26(36)38-21-24(34)19-31-14-18-33-15-11-10-12-16-33;1-2-6-9-7-4-3-5-8-9;8-4-7-9-5-2-1-3-6-9;1-3-8(4-2)6-5-7;1-2-4-6-5-3-1;1-2-3-4;;;/h10-12,15-16,24-25,30-31,34-35H,7-9,13-14,17-23H2,1-6H3;3-5,7-8H,2,6H2,1H3;1-3,5-6H,4,7-8H2;3-7H2,1-2H3;1-5H;2-3H2,1H3;3*1H/q3*+1;;;;;;/p-3. The molecule has 20 heteroatoms. The number of aliphatic hydroxyl groups excluding tert-OH is 2. The van der Waals surface area contributed by atoms with Crippen LogP contribution in [0, 0.1) is 10.8 Å². The number of esters is 2. The average molecular weight is 1360 g/mol. The lowest BCUT2D eigenvalue weighted by Crippen LogP contribution is -3.00. The van der Waals surface area contributed by atoms with Crippen molar-refractivity contribution in [2.24, 2.45) is 22.3 Å². The number of aliphatic hydroxyl groups is 2. The van der Waals surface area contributed by atoms with Gasteiger partial charge in [0.1, 0.15) is 32.0 Å². The van der Waals surface area contributed by atoms with Crippen molar-refractivity contribution in [3.05, 3.63) is 122 Å². The highest BCUT2D eigenvalue weighted by atomic mass is 79.9. The number of carbonyl (C=O) groups excluding carboxylic acids is 2. The molecular formula is C58H104Br4N10O6. The number of rotatable bonds is 30. The van der Waals surface area contributed by atoms with Gasteiger partial charge in [-0.15, -0.1) is 0 Å².